The number of carbonyl (C=O) groups is 1. The van der Waals surface area contributed by atoms with Gasteiger partial charge in [0.25, 0.3) is 0 Å². The molecule has 0 radical (unpaired) electrons. The molecule has 0 saturated carbocycles. The number of hydrogen-bond acceptors (Lipinski definition) is 2. The molecule has 6 heteroatoms. The number of hydrogen-bond donors (Lipinski definition) is 1. The molecular weight excluding hydrogens is 211 g/mol. The van der Waals surface area contributed by atoms with E-state index in [0.29, 0.717) is 0 Å². The van der Waals surface area contributed by atoms with Crippen LogP contribution >= 0.6 is 11.6 Å². The largest absolute Gasteiger partial charge is 0.464 e. The van der Waals surface area contributed by atoms with Gasteiger partial charge < -0.3 is 5.11 Å². The van der Waals surface area contributed by atoms with Crippen molar-refractivity contribution in [2.45, 2.75) is 0 Å². The average molecular weight is 215 g/mol. The maximum absolute atomic E-state index is 13.2. The van der Waals surface area contributed by atoms with Crippen molar-refractivity contribution < 1.29 is 14.3 Å². The van der Waals surface area contributed by atoms with Gasteiger partial charge >= 0.3 is 6.09 Å². The Kier molecular flexibility index (Phi) is 1.89. The van der Waals surface area contributed by atoms with Crippen molar-refractivity contribution in [3.05, 3.63) is 29.3 Å². The summed E-state index contributed by atoms with van der Waals surface area (Å²) in [5.41, 5.74) is 0.00231. The van der Waals surface area contributed by atoms with Gasteiger partial charge in [-0.1, -0.05) is 11.6 Å². The van der Waals surface area contributed by atoms with Crippen LogP contribution in [-0.2, 0) is 0 Å². The molecule has 0 amide bonds. The molecule has 0 bridgehead atoms. The maximum atomic E-state index is 13.2. The van der Waals surface area contributed by atoms with Crippen LogP contribution in [0.15, 0.2) is 18.3 Å². The lowest BCUT2D eigenvalue weighted by molar-refractivity contribution is 0.197. The summed E-state index contributed by atoms with van der Waals surface area (Å²) in [6.07, 6.45) is -0.00599. The average Bonchev–Trinajstić information content (AvgIpc) is 2.47. The van der Waals surface area contributed by atoms with Gasteiger partial charge in [0.2, 0.25) is 0 Å². The van der Waals surface area contributed by atoms with Gasteiger partial charge in [-0.05, 0) is 6.07 Å². The summed E-state index contributed by atoms with van der Waals surface area (Å²) < 4.78 is 14.0. The lowest BCUT2D eigenvalue weighted by atomic mass is 10.3. The van der Waals surface area contributed by atoms with E-state index in [1.54, 1.807) is 0 Å². The van der Waals surface area contributed by atoms with Crippen molar-refractivity contribution >= 4 is 28.7 Å². The van der Waals surface area contributed by atoms with E-state index >= 15 is 0 Å². The monoisotopic (exact) mass is 214 g/mol. The van der Waals surface area contributed by atoms with E-state index in [9.17, 15) is 9.18 Å². The van der Waals surface area contributed by atoms with E-state index < -0.39 is 11.9 Å². The van der Waals surface area contributed by atoms with Gasteiger partial charge in [0, 0.05) is 12.3 Å². The van der Waals surface area contributed by atoms with Crippen LogP contribution < -0.4 is 0 Å². The highest BCUT2D eigenvalue weighted by molar-refractivity contribution is 6.29. The van der Waals surface area contributed by atoms with Gasteiger partial charge in [-0.2, -0.15) is 0 Å². The fourth-order valence-electron chi connectivity index (χ4n) is 1.19. The predicted molar refractivity (Wildman–Crippen MR) is 48.1 cm³/mol. The van der Waals surface area contributed by atoms with Crippen LogP contribution in [0.4, 0.5) is 9.18 Å². The van der Waals surface area contributed by atoms with Crippen LogP contribution in [0.3, 0.4) is 0 Å². The van der Waals surface area contributed by atoms with Gasteiger partial charge in [0.15, 0.2) is 5.65 Å². The number of fused-ring (bicyclic) bond motifs is 1. The van der Waals surface area contributed by atoms with Crippen molar-refractivity contribution in [3.63, 3.8) is 0 Å². The Labute approximate surface area is 82.5 Å². The van der Waals surface area contributed by atoms with E-state index in [2.05, 4.69) is 4.98 Å². The third-order valence-corrected chi connectivity index (χ3v) is 1.97. The van der Waals surface area contributed by atoms with E-state index in [1.165, 1.54) is 12.3 Å². The summed E-state index contributed by atoms with van der Waals surface area (Å²) in [4.78, 5) is 14.4. The van der Waals surface area contributed by atoms with E-state index in [-0.39, 0.29) is 16.2 Å². The molecule has 4 nitrogen and oxygen atoms in total. The molecule has 14 heavy (non-hydrogen) atoms. The highest BCUT2D eigenvalue weighted by Gasteiger charge is 2.12. The zero-order chi connectivity index (χ0) is 10.3. The summed E-state index contributed by atoms with van der Waals surface area (Å²) >= 11 is 5.50. The van der Waals surface area contributed by atoms with Gasteiger partial charge in [-0.15, -0.1) is 0 Å². The molecule has 2 rings (SSSR count). The molecule has 0 spiro atoms. The van der Waals surface area contributed by atoms with Crippen LogP contribution in [0.2, 0.25) is 5.15 Å². The normalized spacial score (nSPS) is 10.7. The summed E-state index contributed by atoms with van der Waals surface area (Å²) in [6, 6.07) is 2.37. The zero-order valence-corrected chi connectivity index (χ0v) is 7.49. The predicted octanol–water partition coefficient (Wildman–Crippen LogP) is 2.35. The van der Waals surface area contributed by atoms with Crippen LogP contribution in [0.5, 0.6) is 0 Å². The van der Waals surface area contributed by atoms with Crippen LogP contribution in [0, 0.1) is 5.82 Å². The third kappa shape index (κ3) is 1.22. The van der Waals surface area contributed by atoms with Crippen molar-refractivity contribution in [1.82, 2.24) is 9.55 Å². The number of nitrogens with zero attached hydrogens (tertiary/aromatic N) is 2. The lowest BCUT2D eigenvalue weighted by Gasteiger charge is -1.97. The summed E-state index contributed by atoms with van der Waals surface area (Å²) in [7, 11) is 0. The number of pyridine rings is 1. The Morgan fingerprint density at radius 3 is 3.00 bits per heavy atom. The minimum atomic E-state index is -1.23. The molecule has 0 saturated heterocycles. The Morgan fingerprint density at radius 2 is 2.36 bits per heavy atom. The topological polar surface area (TPSA) is 55.1 Å². The molecule has 0 fully saturated rings. The fraction of sp³-hybridized carbons (Fsp3) is 0. The molecule has 72 valence electrons. The van der Waals surface area contributed by atoms with Crippen molar-refractivity contribution in [1.29, 1.82) is 0 Å². The molecule has 0 aliphatic heterocycles. The highest BCUT2D eigenvalue weighted by atomic mass is 35.5. The second-order valence-electron chi connectivity index (χ2n) is 2.63. The van der Waals surface area contributed by atoms with E-state index in [0.717, 1.165) is 10.6 Å². The first-order valence-electron chi connectivity index (χ1n) is 3.66. The number of aromatic nitrogens is 2. The minimum Gasteiger partial charge on any atom is -0.464 e. The quantitative estimate of drug-likeness (QED) is 0.685. The van der Waals surface area contributed by atoms with Crippen LogP contribution in [0.25, 0.3) is 11.0 Å². The van der Waals surface area contributed by atoms with Crippen molar-refractivity contribution in [2.24, 2.45) is 0 Å². The molecule has 0 atom stereocenters. The van der Waals surface area contributed by atoms with Gasteiger partial charge in [-0.3, -0.25) is 0 Å². The van der Waals surface area contributed by atoms with Gasteiger partial charge in [0.05, 0.1) is 5.39 Å². The van der Waals surface area contributed by atoms with E-state index in [4.69, 9.17) is 16.7 Å². The van der Waals surface area contributed by atoms with Crippen molar-refractivity contribution in [2.75, 3.05) is 0 Å². The zero-order valence-electron chi connectivity index (χ0n) is 6.74. The molecular formula is C8H4ClFN2O2. The number of carboxylic acid groups (broad SMARTS) is 1. The summed E-state index contributed by atoms with van der Waals surface area (Å²) in [5, 5.41) is 8.77. The molecule has 1 N–H and O–H groups in total. The molecule has 2 heterocycles. The Morgan fingerprint density at radius 1 is 1.64 bits per heavy atom. The summed E-state index contributed by atoms with van der Waals surface area (Å²) in [6.45, 7) is 0. The first-order valence-corrected chi connectivity index (χ1v) is 4.04. The first-order chi connectivity index (χ1) is 6.59. The second kappa shape index (κ2) is 2.95. The summed E-state index contributed by atoms with van der Waals surface area (Å²) in [5.74, 6) is -0.583. The van der Waals surface area contributed by atoms with Crippen LogP contribution in [0.1, 0.15) is 0 Å². The molecule has 0 unspecified atom stereocenters. The van der Waals surface area contributed by atoms with Gasteiger partial charge in [0.1, 0.15) is 11.0 Å². The van der Waals surface area contributed by atoms with Crippen molar-refractivity contribution in [3.8, 4) is 0 Å². The standard InChI is InChI=1S/C8H4ClFN2O2/c9-6-3-5(10)4-1-2-12(8(13)14)7(4)11-6/h1-3H,(H,13,14). The Bertz CT molecular complexity index is 523. The first kappa shape index (κ1) is 8.96. The van der Waals surface area contributed by atoms with Gasteiger partial charge in [-0.25, -0.2) is 18.7 Å². The molecule has 2 aromatic rings. The molecule has 0 aliphatic carbocycles. The lowest BCUT2D eigenvalue weighted by Crippen LogP contribution is -2.06. The smallest absolute Gasteiger partial charge is 0.417 e. The minimum absolute atomic E-state index is 0.00231. The fourth-order valence-corrected chi connectivity index (χ4v) is 1.37. The number of halogens is 2. The molecule has 0 aliphatic rings. The SMILES string of the molecule is O=C(O)n1ccc2c(F)cc(Cl)nc21. The Hall–Kier alpha value is -1.62. The van der Waals surface area contributed by atoms with Crippen LogP contribution in [-0.4, -0.2) is 20.8 Å². The third-order valence-electron chi connectivity index (χ3n) is 1.78. The Balaban J connectivity index is 2.85. The molecule has 2 aromatic heterocycles. The maximum Gasteiger partial charge on any atom is 0.417 e. The molecule has 0 aromatic carbocycles. The second-order valence-corrected chi connectivity index (χ2v) is 3.02. The number of rotatable bonds is 0. The highest BCUT2D eigenvalue weighted by Crippen LogP contribution is 2.20. The van der Waals surface area contributed by atoms with E-state index in [1.807, 2.05) is 0 Å².